The molecule has 1 heterocycles. The number of hydrogen-bond donors (Lipinski definition) is 1. The third-order valence-electron chi connectivity index (χ3n) is 3.95. The van der Waals surface area contributed by atoms with Crippen molar-refractivity contribution in [3.8, 4) is 0 Å². The van der Waals surface area contributed by atoms with E-state index in [-0.39, 0.29) is 31.9 Å². The summed E-state index contributed by atoms with van der Waals surface area (Å²) in [5.74, 6) is -1.48. The van der Waals surface area contributed by atoms with Gasteiger partial charge in [-0.2, -0.15) is 0 Å². The molecule has 0 saturated carbocycles. The van der Waals surface area contributed by atoms with E-state index in [1.807, 2.05) is 30.3 Å². The predicted molar refractivity (Wildman–Crippen MR) is 96.9 cm³/mol. The highest BCUT2D eigenvalue weighted by Gasteiger charge is 2.23. The van der Waals surface area contributed by atoms with Crippen LogP contribution in [0.5, 0.6) is 0 Å². The van der Waals surface area contributed by atoms with Crippen molar-refractivity contribution in [2.45, 2.75) is 40.4 Å². The van der Waals surface area contributed by atoms with Crippen LogP contribution in [0.4, 0.5) is 0 Å². The van der Waals surface area contributed by atoms with Gasteiger partial charge < -0.3 is 19.2 Å². The molecule has 0 unspecified atom stereocenters. The molecule has 0 aliphatic heterocycles. The first-order valence-electron chi connectivity index (χ1n) is 8.62. The smallest absolute Gasteiger partial charge is 0.355 e. The molecule has 1 N–H and O–H groups in total. The van der Waals surface area contributed by atoms with Crippen molar-refractivity contribution in [2.75, 3.05) is 6.61 Å². The largest absolute Gasteiger partial charge is 0.466 e. The van der Waals surface area contributed by atoms with E-state index < -0.39 is 17.9 Å². The van der Waals surface area contributed by atoms with E-state index in [9.17, 15) is 14.4 Å². The summed E-state index contributed by atoms with van der Waals surface area (Å²) >= 11 is 0. The number of H-pyrrole nitrogens is 1. The molecule has 144 valence electrons. The molecule has 1 aromatic carbocycles. The van der Waals surface area contributed by atoms with Gasteiger partial charge >= 0.3 is 17.9 Å². The molecule has 0 bridgehead atoms. The van der Waals surface area contributed by atoms with Gasteiger partial charge in [-0.05, 0) is 30.5 Å². The second-order valence-corrected chi connectivity index (χ2v) is 5.91. The first-order valence-corrected chi connectivity index (χ1v) is 8.62. The lowest BCUT2D eigenvalue weighted by molar-refractivity contribution is -0.143. The maximum Gasteiger partial charge on any atom is 0.355 e. The van der Waals surface area contributed by atoms with Gasteiger partial charge in [-0.15, -0.1) is 0 Å². The molecule has 7 nitrogen and oxygen atoms in total. The maximum absolute atomic E-state index is 12.6. The van der Waals surface area contributed by atoms with Gasteiger partial charge in [0.25, 0.3) is 0 Å². The molecule has 0 radical (unpaired) electrons. The Morgan fingerprint density at radius 2 is 1.70 bits per heavy atom. The van der Waals surface area contributed by atoms with Crippen LogP contribution in [0.3, 0.4) is 0 Å². The van der Waals surface area contributed by atoms with Gasteiger partial charge in [-0.3, -0.25) is 9.59 Å². The summed E-state index contributed by atoms with van der Waals surface area (Å²) in [4.78, 5) is 38.5. The third kappa shape index (κ3) is 5.70. The van der Waals surface area contributed by atoms with E-state index in [2.05, 4.69) is 4.98 Å². The highest BCUT2D eigenvalue weighted by molar-refractivity contribution is 5.91. The van der Waals surface area contributed by atoms with Gasteiger partial charge in [-0.1, -0.05) is 30.3 Å². The van der Waals surface area contributed by atoms with Gasteiger partial charge in [0.1, 0.15) is 18.9 Å². The number of aromatic amines is 1. The Bertz CT molecular complexity index is 809. The summed E-state index contributed by atoms with van der Waals surface area (Å²) in [5, 5.41) is 0. The normalized spacial score (nSPS) is 10.3. The molecular formula is C20H23NO6. The third-order valence-corrected chi connectivity index (χ3v) is 3.95. The number of benzene rings is 1. The average molecular weight is 373 g/mol. The Morgan fingerprint density at radius 1 is 1.00 bits per heavy atom. The van der Waals surface area contributed by atoms with Crippen LogP contribution < -0.4 is 0 Å². The maximum atomic E-state index is 12.6. The van der Waals surface area contributed by atoms with Crippen molar-refractivity contribution < 1.29 is 28.6 Å². The minimum Gasteiger partial charge on any atom is -0.466 e. The van der Waals surface area contributed by atoms with Crippen molar-refractivity contribution in [3.63, 3.8) is 0 Å². The number of carbonyl (C=O) groups is 3. The minimum atomic E-state index is -0.588. The summed E-state index contributed by atoms with van der Waals surface area (Å²) in [6.07, 6.45) is -0.0774. The van der Waals surface area contributed by atoms with Crippen molar-refractivity contribution in [3.05, 3.63) is 58.4 Å². The number of esters is 3. The molecule has 2 rings (SSSR count). The molecule has 27 heavy (non-hydrogen) atoms. The highest BCUT2D eigenvalue weighted by Crippen LogP contribution is 2.22. The van der Waals surface area contributed by atoms with Crippen LogP contribution in [0.15, 0.2) is 30.3 Å². The Labute approximate surface area is 157 Å². The van der Waals surface area contributed by atoms with Crippen molar-refractivity contribution in [2.24, 2.45) is 0 Å². The monoisotopic (exact) mass is 373 g/mol. The first-order chi connectivity index (χ1) is 12.9. The van der Waals surface area contributed by atoms with Gasteiger partial charge in [-0.25, -0.2) is 4.79 Å². The molecule has 2 aromatic rings. The summed E-state index contributed by atoms with van der Waals surface area (Å²) in [5.41, 5.74) is 2.70. The minimum absolute atomic E-state index is 0.0248. The number of nitrogens with one attached hydrogen (secondary N) is 1. The number of hydrogen-bond acceptors (Lipinski definition) is 6. The van der Waals surface area contributed by atoms with E-state index in [4.69, 9.17) is 14.2 Å². The van der Waals surface area contributed by atoms with Crippen LogP contribution in [-0.4, -0.2) is 29.5 Å². The lowest BCUT2D eigenvalue weighted by Crippen LogP contribution is -2.13. The fraction of sp³-hybridized carbons (Fsp3) is 0.350. The van der Waals surface area contributed by atoms with Crippen LogP contribution in [-0.2, 0) is 43.4 Å². The van der Waals surface area contributed by atoms with Crippen LogP contribution >= 0.6 is 0 Å². The van der Waals surface area contributed by atoms with E-state index in [0.29, 0.717) is 16.8 Å². The summed E-state index contributed by atoms with van der Waals surface area (Å²) in [6.45, 7) is 5.09. The lowest BCUT2D eigenvalue weighted by Gasteiger charge is -2.07. The number of carbonyl (C=O) groups excluding carboxylic acids is 3. The fourth-order valence-corrected chi connectivity index (χ4v) is 2.55. The van der Waals surface area contributed by atoms with Gasteiger partial charge in [0.05, 0.1) is 18.7 Å². The molecule has 0 spiro atoms. The van der Waals surface area contributed by atoms with Gasteiger partial charge in [0, 0.05) is 6.92 Å². The SMILES string of the molecule is CCOC(=O)Cc1c(C(=O)OCc2ccccc2)[nH]c(COC(C)=O)c1C. The Hall–Kier alpha value is -3.09. The Morgan fingerprint density at radius 3 is 2.33 bits per heavy atom. The summed E-state index contributed by atoms with van der Waals surface area (Å²) < 4.78 is 15.3. The van der Waals surface area contributed by atoms with E-state index in [0.717, 1.165) is 5.56 Å². The number of ether oxygens (including phenoxy) is 3. The van der Waals surface area contributed by atoms with Crippen LogP contribution in [0.25, 0.3) is 0 Å². The lowest BCUT2D eigenvalue weighted by atomic mass is 10.1. The molecule has 0 amide bonds. The van der Waals surface area contributed by atoms with Crippen LogP contribution in [0, 0.1) is 6.92 Å². The van der Waals surface area contributed by atoms with E-state index >= 15 is 0 Å². The van der Waals surface area contributed by atoms with Gasteiger partial charge in [0.2, 0.25) is 0 Å². The Kier molecular flexibility index (Phi) is 7.16. The topological polar surface area (TPSA) is 94.7 Å². The molecule has 0 saturated heterocycles. The second kappa shape index (κ2) is 9.56. The molecular weight excluding hydrogens is 350 g/mol. The molecule has 0 atom stereocenters. The standard InChI is InChI=1S/C20H23NO6/c1-4-25-18(23)10-16-13(2)17(12-26-14(3)22)21-19(16)20(24)27-11-15-8-6-5-7-9-15/h5-9,21H,4,10-12H2,1-3H3. The zero-order chi connectivity index (χ0) is 19.8. The second-order valence-electron chi connectivity index (χ2n) is 5.91. The molecule has 0 fully saturated rings. The van der Waals surface area contributed by atoms with Crippen molar-refractivity contribution in [1.82, 2.24) is 4.98 Å². The van der Waals surface area contributed by atoms with Crippen molar-refractivity contribution in [1.29, 1.82) is 0 Å². The van der Waals surface area contributed by atoms with E-state index in [1.54, 1.807) is 13.8 Å². The highest BCUT2D eigenvalue weighted by atomic mass is 16.5. The zero-order valence-corrected chi connectivity index (χ0v) is 15.7. The molecule has 7 heteroatoms. The fourth-order valence-electron chi connectivity index (χ4n) is 2.55. The predicted octanol–water partition coefficient (Wildman–Crippen LogP) is 2.85. The summed E-state index contributed by atoms with van der Waals surface area (Å²) in [6, 6.07) is 9.27. The first kappa shape index (κ1) is 20.2. The Balaban J connectivity index is 2.22. The quantitative estimate of drug-likeness (QED) is 0.565. The summed E-state index contributed by atoms with van der Waals surface area (Å²) in [7, 11) is 0. The van der Waals surface area contributed by atoms with Crippen LogP contribution in [0.1, 0.15) is 46.7 Å². The van der Waals surface area contributed by atoms with Crippen LogP contribution in [0.2, 0.25) is 0 Å². The average Bonchev–Trinajstić information content (AvgIpc) is 2.95. The van der Waals surface area contributed by atoms with Crippen molar-refractivity contribution >= 4 is 17.9 Å². The molecule has 0 aliphatic carbocycles. The zero-order valence-electron chi connectivity index (χ0n) is 15.7. The number of aromatic nitrogens is 1. The van der Waals surface area contributed by atoms with Gasteiger partial charge in [0.15, 0.2) is 0 Å². The molecule has 0 aliphatic rings. The molecule has 1 aromatic heterocycles. The number of rotatable bonds is 8. The van der Waals surface area contributed by atoms with E-state index in [1.165, 1.54) is 6.92 Å².